The lowest BCUT2D eigenvalue weighted by Crippen LogP contribution is -2.57. The molecule has 0 saturated heterocycles. The van der Waals surface area contributed by atoms with E-state index in [4.69, 9.17) is 23.7 Å². The molecule has 0 heterocycles. The molecular weight excluding hydrogens is 1040 g/mol. The Kier molecular flexibility index (Phi) is 27.2. The molecule has 4 atom stereocenters. The summed E-state index contributed by atoms with van der Waals surface area (Å²) in [6.45, 7) is 13.0. The molecule has 0 aliphatic rings. The monoisotopic (exact) mass is 1120 g/mol. The first-order chi connectivity index (χ1) is 38.7. The predicted octanol–water partition coefficient (Wildman–Crippen LogP) is 6.15. The van der Waals surface area contributed by atoms with E-state index < -0.39 is 65.8 Å². The molecule has 4 rings (SSSR count). The summed E-state index contributed by atoms with van der Waals surface area (Å²) < 4.78 is 27.4. The van der Waals surface area contributed by atoms with Crippen LogP contribution in [-0.2, 0) is 49.6 Å². The first-order valence-electron chi connectivity index (χ1n) is 27.2. The highest BCUT2D eigenvalue weighted by molar-refractivity contribution is 6.00. The summed E-state index contributed by atoms with van der Waals surface area (Å²) in [5.41, 5.74) is 5.94. The van der Waals surface area contributed by atoms with Gasteiger partial charge in [-0.1, -0.05) is 84.0 Å². The van der Waals surface area contributed by atoms with Gasteiger partial charge in [-0.2, -0.15) is 0 Å². The number of anilines is 1. The number of ether oxygens (including phenoxy) is 5. The SMILES string of the molecule is COC(=O)[C@@H](NC(=O)[C@H](CC(C)C)NC(=O)[C@@H](NC(=O)CCCOc1ccc2ccc(OCCCC(=O)N[C@H](CCCCNC(=O)OCc3ccccc3)C(=O)NNC(=O)c3cc(NC(C)=O)ccc3OC)cc2c1)C(C)C)C(C)C. The third-order valence-corrected chi connectivity index (χ3v) is 12.6. The Morgan fingerprint density at radius 2 is 1.21 bits per heavy atom. The van der Waals surface area contributed by atoms with Crippen molar-refractivity contribution in [1.29, 1.82) is 0 Å². The van der Waals surface area contributed by atoms with Gasteiger partial charge in [0.05, 0.1) is 33.0 Å². The summed E-state index contributed by atoms with van der Waals surface area (Å²) in [5.74, 6) is -3.44. The number of carbonyl (C=O) groups excluding carboxylic acids is 9. The van der Waals surface area contributed by atoms with E-state index in [-0.39, 0.29) is 86.5 Å². The van der Waals surface area contributed by atoms with E-state index in [1.165, 1.54) is 33.3 Å². The highest BCUT2D eigenvalue weighted by Crippen LogP contribution is 2.26. The van der Waals surface area contributed by atoms with Crippen molar-refractivity contribution in [2.24, 2.45) is 17.8 Å². The molecule has 81 heavy (non-hydrogen) atoms. The van der Waals surface area contributed by atoms with Gasteiger partial charge in [0.1, 0.15) is 48.0 Å². The number of unbranched alkanes of at least 4 members (excludes halogenated alkanes) is 1. The van der Waals surface area contributed by atoms with E-state index in [1.54, 1.807) is 39.8 Å². The van der Waals surface area contributed by atoms with Crippen molar-refractivity contribution in [1.82, 2.24) is 37.4 Å². The second kappa shape index (κ2) is 33.9. The van der Waals surface area contributed by atoms with Crippen LogP contribution < -0.4 is 57.0 Å². The van der Waals surface area contributed by atoms with Gasteiger partial charge in [-0.05, 0) is 115 Å². The molecule has 440 valence electrons. The number of nitrogens with one attached hydrogen (secondary N) is 8. The van der Waals surface area contributed by atoms with Gasteiger partial charge >= 0.3 is 12.1 Å². The van der Waals surface area contributed by atoms with E-state index in [0.29, 0.717) is 49.3 Å². The summed E-state index contributed by atoms with van der Waals surface area (Å²) in [4.78, 5) is 116. The van der Waals surface area contributed by atoms with Crippen LogP contribution >= 0.6 is 0 Å². The average Bonchev–Trinajstić information content (AvgIpc) is 3.44. The van der Waals surface area contributed by atoms with Crippen LogP contribution in [0.2, 0.25) is 0 Å². The van der Waals surface area contributed by atoms with Crippen LogP contribution in [0.3, 0.4) is 0 Å². The van der Waals surface area contributed by atoms with Crippen LogP contribution in [0.5, 0.6) is 17.2 Å². The third-order valence-electron chi connectivity index (χ3n) is 12.6. The number of hydrogen-bond donors (Lipinski definition) is 8. The molecule has 22 heteroatoms. The van der Waals surface area contributed by atoms with Gasteiger partial charge in [-0.15, -0.1) is 0 Å². The average molecular weight is 1130 g/mol. The molecule has 0 saturated carbocycles. The molecule has 8 N–H and O–H groups in total. The molecule has 22 nitrogen and oxygen atoms in total. The van der Waals surface area contributed by atoms with Crippen molar-refractivity contribution < 1.29 is 66.8 Å². The fourth-order valence-electron chi connectivity index (χ4n) is 8.26. The fourth-order valence-corrected chi connectivity index (χ4v) is 8.26. The molecule has 0 fully saturated rings. The molecular formula is C59H80N8O14. The predicted molar refractivity (Wildman–Crippen MR) is 304 cm³/mol. The van der Waals surface area contributed by atoms with Crippen LogP contribution in [-0.4, -0.2) is 112 Å². The number of esters is 1. The number of hydrazine groups is 1. The number of hydrogen-bond acceptors (Lipinski definition) is 14. The van der Waals surface area contributed by atoms with Gasteiger partial charge in [0, 0.05) is 32.0 Å². The largest absolute Gasteiger partial charge is 0.496 e. The Morgan fingerprint density at radius 3 is 1.79 bits per heavy atom. The smallest absolute Gasteiger partial charge is 0.407 e. The van der Waals surface area contributed by atoms with E-state index >= 15 is 0 Å². The third kappa shape index (κ3) is 23.1. The highest BCUT2D eigenvalue weighted by Gasteiger charge is 2.33. The molecule has 4 aromatic rings. The number of benzene rings is 4. The number of fused-ring (bicyclic) bond motifs is 1. The standard InChI is InChI=1S/C59H80N8O14/c1-36(2)31-48(55(72)65-53(38(5)6)58(75)78-9)63-57(74)52(37(3)4)64-51(70)21-16-30-80-45-26-23-41-22-25-44(32-42(41)33-45)79-29-15-20-50(69)62-47(19-13-14-28-60-59(76)81-35-40-17-11-10-12-18-40)56(73)67-66-54(71)46-34-43(61-39(7)68)24-27-49(46)77-8/h10-12,17-18,22-27,32-34,36-38,47-48,52-53H,13-16,19-21,28-31,35H2,1-9H3,(H,60,76)(H,61,68)(H,62,69)(H,63,74)(H,64,70)(H,65,72)(H,66,71)(H,67,73)/t47-,48+,52+,53+/m1/s1. The van der Waals surface area contributed by atoms with Crippen molar-refractivity contribution in [3.63, 3.8) is 0 Å². The molecule has 0 bridgehead atoms. The Bertz CT molecular complexity index is 2750. The van der Waals surface area contributed by atoms with Crippen LogP contribution in [0.4, 0.5) is 10.5 Å². The van der Waals surface area contributed by atoms with Crippen molar-refractivity contribution in [3.8, 4) is 17.2 Å². The van der Waals surface area contributed by atoms with Gasteiger partial charge in [-0.3, -0.25) is 44.4 Å². The lowest BCUT2D eigenvalue weighted by atomic mass is 9.98. The van der Waals surface area contributed by atoms with Crippen molar-refractivity contribution in [2.75, 3.05) is 39.3 Å². The maximum atomic E-state index is 13.5. The Hall–Kier alpha value is -8.43. The van der Waals surface area contributed by atoms with Gasteiger partial charge in [0.25, 0.3) is 11.8 Å². The molecule has 4 aromatic carbocycles. The lowest BCUT2D eigenvalue weighted by molar-refractivity contribution is -0.146. The van der Waals surface area contributed by atoms with Gasteiger partial charge in [0.15, 0.2) is 0 Å². The van der Waals surface area contributed by atoms with Crippen LogP contribution in [0.15, 0.2) is 84.9 Å². The summed E-state index contributed by atoms with van der Waals surface area (Å²) >= 11 is 0. The van der Waals surface area contributed by atoms with Crippen molar-refractivity contribution >= 4 is 69.9 Å². The lowest BCUT2D eigenvalue weighted by Gasteiger charge is -2.28. The maximum absolute atomic E-state index is 13.5. The molecule has 8 amide bonds. The minimum absolute atomic E-state index is 0.00313. The Labute approximate surface area is 473 Å². The Balaban J connectivity index is 1.27. The molecule has 0 unspecified atom stereocenters. The molecule has 0 radical (unpaired) electrons. The van der Waals surface area contributed by atoms with E-state index in [0.717, 1.165) is 16.3 Å². The summed E-state index contributed by atoms with van der Waals surface area (Å²) in [6, 6.07) is 20.9. The molecule has 0 aliphatic heterocycles. The number of methoxy groups -OCH3 is 2. The molecule has 0 aliphatic carbocycles. The Morgan fingerprint density at radius 1 is 0.580 bits per heavy atom. The highest BCUT2D eigenvalue weighted by atomic mass is 16.5. The fraction of sp³-hybridized carbons (Fsp3) is 0.475. The molecule has 0 aromatic heterocycles. The van der Waals surface area contributed by atoms with Gasteiger partial charge < -0.3 is 55.6 Å². The zero-order valence-corrected chi connectivity index (χ0v) is 47.8. The topological polar surface area (TPSA) is 296 Å². The van der Waals surface area contributed by atoms with E-state index in [1.807, 2.05) is 74.5 Å². The second-order valence-corrected chi connectivity index (χ2v) is 20.5. The van der Waals surface area contributed by atoms with Crippen molar-refractivity contribution in [2.45, 2.75) is 131 Å². The minimum atomic E-state index is -1.07. The zero-order chi connectivity index (χ0) is 59.4. The molecule has 0 spiro atoms. The summed E-state index contributed by atoms with van der Waals surface area (Å²) in [6.07, 6.45) is 1.43. The quantitative estimate of drug-likeness (QED) is 0.0155. The van der Waals surface area contributed by atoms with Crippen LogP contribution in [0, 0.1) is 17.8 Å². The van der Waals surface area contributed by atoms with E-state index in [2.05, 4.69) is 42.8 Å². The number of rotatable bonds is 32. The number of carbonyl (C=O) groups is 9. The van der Waals surface area contributed by atoms with Crippen LogP contribution in [0.25, 0.3) is 10.8 Å². The number of amides is 8. The number of alkyl carbamates (subject to hydrolysis) is 1. The first-order valence-corrected chi connectivity index (χ1v) is 27.2. The van der Waals surface area contributed by atoms with Crippen molar-refractivity contribution in [3.05, 3.63) is 96.1 Å². The summed E-state index contributed by atoms with van der Waals surface area (Å²) in [5, 5.41) is 18.1. The maximum Gasteiger partial charge on any atom is 0.407 e. The zero-order valence-electron chi connectivity index (χ0n) is 47.8. The van der Waals surface area contributed by atoms with Gasteiger partial charge in [-0.25, -0.2) is 9.59 Å². The summed E-state index contributed by atoms with van der Waals surface area (Å²) in [7, 11) is 2.61. The van der Waals surface area contributed by atoms with E-state index in [9.17, 15) is 43.2 Å². The second-order valence-electron chi connectivity index (χ2n) is 20.5. The minimum Gasteiger partial charge on any atom is -0.496 e. The van der Waals surface area contributed by atoms with Crippen LogP contribution in [0.1, 0.15) is 116 Å². The normalized spacial score (nSPS) is 12.4. The van der Waals surface area contributed by atoms with Gasteiger partial charge in [0.2, 0.25) is 29.5 Å². The first kappa shape index (κ1) is 65.1.